The molecule has 0 fully saturated rings. The normalized spacial score (nSPS) is 12.9. The number of carbonyl (C=O) groups excluding carboxylic acids is 2. The van der Waals surface area contributed by atoms with Crippen LogP contribution in [-0.2, 0) is 9.59 Å². The number of fused-ring (bicyclic) bond motifs is 2. The van der Waals surface area contributed by atoms with Crippen molar-refractivity contribution in [3.63, 3.8) is 0 Å². The average molecular weight is 705 g/mol. The van der Waals surface area contributed by atoms with E-state index in [4.69, 9.17) is 0 Å². The second kappa shape index (κ2) is 16.2. The van der Waals surface area contributed by atoms with Gasteiger partial charge in [0.15, 0.2) is 23.0 Å². The minimum atomic E-state index is -1.49. The number of rotatable bonds is 9. The van der Waals surface area contributed by atoms with E-state index in [0.29, 0.717) is 33.0 Å². The van der Waals surface area contributed by atoms with Crippen LogP contribution in [0.4, 0.5) is 0 Å². The van der Waals surface area contributed by atoms with Gasteiger partial charge < -0.3 is 50.4 Å². The van der Waals surface area contributed by atoms with Crippen molar-refractivity contribution in [1.29, 1.82) is 0 Å². The molecule has 0 heterocycles. The van der Waals surface area contributed by atoms with Crippen LogP contribution in [0.3, 0.4) is 0 Å². The van der Waals surface area contributed by atoms with Crippen LogP contribution < -0.4 is 69.3 Å². The summed E-state index contributed by atoms with van der Waals surface area (Å²) in [5.74, 6) is -6.77. The Hall–Kier alpha value is -3.52. The zero-order chi connectivity index (χ0) is 36.1. The molecule has 0 unspecified atom stereocenters. The second-order valence-electron chi connectivity index (χ2n) is 12.6. The van der Waals surface area contributed by atoms with E-state index >= 15 is 0 Å². The Labute approximate surface area is 333 Å². The summed E-state index contributed by atoms with van der Waals surface area (Å²) in [5, 5.41) is 91.8. The molecule has 14 heteroatoms. The summed E-state index contributed by atoms with van der Waals surface area (Å²) in [6, 6.07) is 0.645. The van der Waals surface area contributed by atoms with E-state index in [1.54, 1.807) is 53.7 Å². The number of carboxylic acid groups (broad SMARTS) is 2. The number of aromatic hydroxyl groups is 6. The number of carboxylic acids is 2. The molecule has 0 spiro atoms. The number of carbonyl (C=O) groups is 2. The summed E-state index contributed by atoms with van der Waals surface area (Å²) in [4.78, 5) is 30.6. The molecule has 50 heavy (non-hydrogen) atoms. The molecule has 0 radical (unpaired) electrons. The molecule has 12 nitrogen and oxygen atoms in total. The standard InChI is InChI=1S/C36H40N2O10.2Na/c1-13(2)23-19-9-15(5)25(31(41)27(19)21(29(39)33(23)43)11-37-17(7)35(45)46)26-16(6)10-20-24(14(3)4)34(44)30(40)22(28(20)32(26)42)12-38-18(8)36(47)48;;/h9-14,17-18,39-44H,1-8H3,(H,45,46)(H,47,48);;/q;2*+1/p-2/t17-,18-;;/m0../s1. The summed E-state index contributed by atoms with van der Waals surface area (Å²) >= 11 is 0. The molecule has 6 N–H and O–H groups in total. The molecule has 4 rings (SSSR count). The Bertz CT molecular complexity index is 1930. The van der Waals surface area contributed by atoms with E-state index in [9.17, 15) is 50.4 Å². The zero-order valence-electron chi connectivity index (χ0n) is 29.8. The first-order valence-corrected chi connectivity index (χ1v) is 15.3. The Morgan fingerprint density at radius 2 is 0.880 bits per heavy atom. The number of hydrogen-bond acceptors (Lipinski definition) is 12. The van der Waals surface area contributed by atoms with Crippen LogP contribution in [-0.4, -0.2) is 67.1 Å². The van der Waals surface area contributed by atoms with E-state index in [1.165, 1.54) is 13.8 Å². The first-order valence-electron chi connectivity index (χ1n) is 15.3. The molecular formula is C36H38N2Na2O10. The predicted molar refractivity (Wildman–Crippen MR) is 179 cm³/mol. The number of phenolic OH excluding ortho intramolecular Hbond substituents is 6. The molecule has 0 saturated heterocycles. The van der Waals surface area contributed by atoms with Gasteiger partial charge in [-0.1, -0.05) is 39.8 Å². The van der Waals surface area contributed by atoms with Crippen LogP contribution in [0.15, 0.2) is 22.1 Å². The van der Waals surface area contributed by atoms with Gasteiger partial charge in [0.1, 0.15) is 11.5 Å². The van der Waals surface area contributed by atoms with Crippen LogP contribution in [0.2, 0.25) is 0 Å². The molecule has 0 bridgehead atoms. The van der Waals surface area contributed by atoms with E-state index in [0.717, 1.165) is 12.4 Å². The van der Waals surface area contributed by atoms with Crippen molar-refractivity contribution in [2.45, 2.75) is 79.3 Å². The van der Waals surface area contributed by atoms with E-state index in [2.05, 4.69) is 9.98 Å². The van der Waals surface area contributed by atoms with Crippen molar-refractivity contribution in [1.82, 2.24) is 0 Å². The maximum absolute atomic E-state index is 12.0. The SMILES string of the molecule is Cc1cc2c(C(C)C)c(O)c(O)c(C=N[C@@H](C)C(=O)[O-])c2c(O)c1-c1c(C)cc2c(C(C)C)c(O)c(O)c(C=N[C@@H](C)C(=O)[O-])c2c1O.[Na+].[Na+]. The minimum Gasteiger partial charge on any atom is -0.548 e. The summed E-state index contributed by atoms with van der Waals surface area (Å²) in [6.45, 7) is 12.9. The Kier molecular flexibility index (Phi) is 13.8. The van der Waals surface area contributed by atoms with Crippen molar-refractivity contribution in [2.75, 3.05) is 0 Å². The number of nitrogens with zero attached hydrogens (tertiary/aromatic N) is 2. The largest absolute Gasteiger partial charge is 1.00 e. The minimum absolute atomic E-state index is 0. The van der Waals surface area contributed by atoms with Gasteiger partial charge in [-0.05, 0) is 61.4 Å². The summed E-state index contributed by atoms with van der Waals surface area (Å²) in [6.07, 6.45) is 2.05. The third kappa shape index (κ3) is 7.42. The van der Waals surface area contributed by atoms with Gasteiger partial charge in [0.2, 0.25) is 0 Å². The van der Waals surface area contributed by atoms with Crippen LogP contribution in [0.1, 0.15) is 86.8 Å². The summed E-state index contributed by atoms with van der Waals surface area (Å²) in [5.41, 5.74) is 1.33. The third-order valence-corrected chi connectivity index (χ3v) is 8.53. The van der Waals surface area contributed by atoms with Crippen LogP contribution in [0.5, 0.6) is 34.5 Å². The van der Waals surface area contributed by atoms with E-state index in [1.807, 2.05) is 0 Å². The third-order valence-electron chi connectivity index (χ3n) is 8.53. The molecule has 0 aromatic heterocycles. The Morgan fingerprint density at radius 3 is 1.14 bits per heavy atom. The average Bonchev–Trinajstić information content (AvgIpc) is 2.98. The number of benzene rings is 4. The predicted octanol–water partition coefficient (Wildman–Crippen LogP) is -2.12. The van der Waals surface area contributed by atoms with Crippen molar-refractivity contribution in [3.05, 3.63) is 45.5 Å². The maximum Gasteiger partial charge on any atom is 1.00 e. The van der Waals surface area contributed by atoms with Gasteiger partial charge in [-0.3, -0.25) is 9.98 Å². The van der Waals surface area contributed by atoms with Gasteiger partial charge in [0.05, 0.1) is 24.0 Å². The number of aliphatic carboxylic acids is 2. The summed E-state index contributed by atoms with van der Waals surface area (Å²) < 4.78 is 0. The molecule has 0 aliphatic heterocycles. The fourth-order valence-corrected chi connectivity index (χ4v) is 6.12. The van der Waals surface area contributed by atoms with E-state index < -0.39 is 58.5 Å². The smallest absolute Gasteiger partial charge is 0.548 e. The Morgan fingerprint density at radius 1 is 0.580 bits per heavy atom. The maximum atomic E-state index is 12.0. The van der Waals surface area contributed by atoms with Gasteiger partial charge in [0, 0.05) is 56.6 Å². The van der Waals surface area contributed by atoms with Crippen molar-refractivity contribution >= 4 is 45.9 Å². The van der Waals surface area contributed by atoms with Crippen molar-refractivity contribution in [3.8, 4) is 45.6 Å². The number of phenols is 6. The molecule has 0 aliphatic rings. The quantitative estimate of drug-likeness (QED) is 0.0631. The summed E-state index contributed by atoms with van der Waals surface area (Å²) in [7, 11) is 0. The molecular weight excluding hydrogens is 666 g/mol. The van der Waals surface area contributed by atoms with Crippen molar-refractivity contribution < 1.29 is 110 Å². The fourth-order valence-electron chi connectivity index (χ4n) is 6.12. The second-order valence-corrected chi connectivity index (χ2v) is 12.6. The zero-order valence-corrected chi connectivity index (χ0v) is 33.8. The monoisotopic (exact) mass is 704 g/mol. The first-order chi connectivity index (χ1) is 22.3. The topological polar surface area (TPSA) is 226 Å². The van der Waals surface area contributed by atoms with Crippen LogP contribution >= 0.6 is 0 Å². The molecule has 0 amide bonds. The molecule has 254 valence electrons. The molecule has 0 saturated carbocycles. The van der Waals surface area contributed by atoms with Gasteiger partial charge >= 0.3 is 59.1 Å². The van der Waals surface area contributed by atoms with Crippen LogP contribution in [0.25, 0.3) is 32.7 Å². The van der Waals surface area contributed by atoms with Crippen LogP contribution in [0, 0.1) is 13.8 Å². The number of aryl methyl sites for hydroxylation is 2. The number of hydrogen-bond donors (Lipinski definition) is 6. The molecule has 2 atom stereocenters. The fraction of sp³-hybridized carbons (Fsp3) is 0.333. The van der Waals surface area contributed by atoms with Gasteiger partial charge in [-0.25, -0.2) is 0 Å². The molecule has 4 aromatic carbocycles. The van der Waals surface area contributed by atoms with Gasteiger partial charge in [0.25, 0.3) is 0 Å². The van der Waals surface area contributed by atoms with Gasteiger partial charge in [-0.2, -0.15) is 0 Å². The van der Waals surface area contributed by atoms with Gasteiger partial charge in [-0.15, -0.1) is 0 Å². The Balaban J connectivity index is 0.00000433. The van der Waals surface area contributed by atoms with E-state index in [-0.39, 0.29) is 104 Å². The number of aliphatic imine (C=N–C) groups is 2. The molecule has 4 aromatic rings. The first kappa shape index (κ1) is 42.6. The molecule has 0 aliphatic carbocycles. The van der Waals surface area contributed by atoms with Crippen molar-refractivity contribution in [2.24, 2.45) is 9.98 Å².